The van der Waals surface area contributed by atoms with Crippen LogP contribution in [0.4, 0.5) is 13.2 Å². The summed E-state index contributed by atoms with van der Waals surface area (Å²) in [6, 6.07) is 9.74. The molecule has 1 saturated carbocycles. The van der Waals surface area contributed by atoms with E-state index >= 15 is 0 Å². The van der Waals surface area contributed by atoms with E-state index in [-0.39, 0.29) is 16.6 Å². The van der Waals surface area contributed by atoms with Crippen LogP contribution in [0, 0.1) is 0 Å². The maximum absolute atomic E-state index is 13.3. The summed E-state index contributed by atoms with van der Waals surface area (Å²) in [6.07, 6.45) is 1.27. The molecule has 10 heteroatoms. The Bertz CT molecular complexity index is 1450. The average Bonchev–Trinajstić information content (AvgIpc) is 3.63. The minimum Gasteiger partial charge on any atom is -0.245 e. The first kappa shape index (κ1) is 21.4. The van der Waals surface area contributed by atoms with E-state index in [1.54, 1.807) is 6.07 Å². The molecular formula is C23H17F3N4O2S. The Kier molecular flexibility index (Phi) is 5.12. The second-order valence-electron chi connectivity index (χ2n) is 7.94. The van der Waals surface area contributed by atoms with Crippen molar-refractivity contribution >= 4 is 20.7 Å². The quantitative estimate of drug-likeness (QED) is 0.410. The molecule has 2 heterocycles. The van der Waals surface area contributed by atoms with Gasteiger partial charge in [0.1, 0.15) is 12.7 Å². The fourth-order valence-electron chi connectivity index (χ4n) is 3.81. The zero-order chi connectivity index (χ0) is 23.2. The summed E-state index contributed by atoms with van der Waals surface area (Å²) in [4.78, 5) is 16.4. The van der Waals surface area contributed by atoms with Crippen LogP contribution in [0.15, 0.2) is 66.2 Å². The highest BCUT2D eigenvalue weighted by Gasteiger charge is 2.34. The van der Waals surface area contributed by atoms with Gasteiger partial charge in [-0.15, -0.1) is 0 Å². The number of hydrogen-bond donors (Lipinski definition) is 0. The smallest absolute Gasteiger partial charge is 0.245 e. The van der Waals surface area contributed by atoms with E-state index in [0.717, 1.165) is 18.9 Å². The Balaban J connectivity index is 1.58. The molecule has 0 bridgehead atoms. The van der Waals surface area contributed by atoms with Gasteiger partial charge >= 0.3 is 6.18 Å². The summed E-state index contributed by atoms with van der Waals surface area (Å²) >= 11 is 0. The summed E-state index contributed by atoms with van der Waals surface area (Å²) in [5.74, 6) is -0.233. The highest BCUT2D eigenvalue weighted by molar-refractivity contribution is 7.90. The number of aromatic nitrogens is 4. The molecule has 0 aliphatic heterocycles. The lowest BCUT2D eigenvalue weighted by molar-refractivity contribution is -0.137. The van der Waals surface area contributed by atoms with Gasteiger partial charge in [0, 0.05) is 17.1 Å². The number of rotatable bonds is 5. The van der Waals surface area contributed by atoms with Crippen LogP contribution >= 0.6 is 0 Å². The van der Waals surface area contributed by atoms with E-state index in [1.165, 1.54) is 49.2 Å². The number of benzene rings is 2. The van der Waals surface area contributed by atoms with Crippen molar-refractivity contribution in [1.82, 2.24) is 19.9 Å². The number of sulfone groups is 1. The maximum atomic E-state index is 13.3. The lowest BCUT2D eigenvalue weighted by Gasteiger charge is -2.14. The lowest BCUT2D eigenvalue weighted by Crippen LogP contribution is -2.07. The molecule has 2 aromatic heterocycles. The van der Waals surface area contributed by atoms with Gasteiger partial charge in [-0.3, -0.25) is 0 Å². The fourth-order valence-corrected chi connectivity index (χ4v) is 5.11. The first-order valence-electron chi connectivity index (χ1n) is 10.2. The molecule has 4 aromatic rings. The van der Waals surface area contributed by atoms with Crippen LogP contribution in [0.3, 0.4) is 0 Å². The van der Waals surface area contributed by atoms with Crippen molar-refractivity contribution in [2.24, 2.45) is 0 Å². The van der Waals surface area contributed by atoms with Crippen molar-refractivity contribution in [3.8, 4) is 11.3 Å². The van der Waals surface area contributed by atoms with Crippen molar-refractivity contribution < 1.29 is 21.6 Å². The van der Waals surface area contributed by atoms with E-state index < -0.39 is 21.6 Å². The molecule has 2 aromatic carbocycles. The molecule has 33 heavy (non-hydrogen) atoms. The van der Waals surface area contributed by atoms with Crippen molar-refractivity contribution in [1.29, 1.82) is 0 Å². The molecule has 1 aliphatic carbocycles. The molecule has 1 fully saturated rings. The van der Waals surface area contributed by atoms with Gasteiger partial charge in [0.2, 0.25) is 0 Å². The summed E-state index contributed by atoms with van der Waals surface area (Å²) in [6.45, 7) is 0. The molecule has 0 amide bonds. The molecule has 6 nitrogen and oxygen atoms in total. The molecule has 0 unspecified atom stereocenters. The van der Waals surface area contributed by atoms with Gasteiger partial charge in [-0.05, 0) is 60.7 Å². The topological polar surface area (TPSA) is 85.7 Å². The maximum Gasteiger partial charge on any atom is 0.416 e. The van der Waals surface area contributed by atoms with E-state index in [4.69, 9.17) is 0 Å². The van der Waals surface area contributed by atoms with E-state index in [2.05, 4.69) is 19.9 Å². The van der Waals surface area contributed by atoms with Crippen molar-refractivity contribution in [3.63, 3.8) is 0 Å². The third-order valence-electron chi connectivity index (χ3n) is 5.60. The van der Waals surface area contributed by atoms with E-state index in [9.17, 15) is 21.6 Å². The Morgan fingerprint density at radius 2 is 1.76 bits per heavy atom. The van der Waals surface area contributed by atoms with Crippen molar-refractivity contribution in [2.45, 2.75) is 35.6 Å². The summed E-state index contributed by atoms with van der Waals surface area (Å²) in [5.41, 5.74) is 1.76. The monoisotopic (exact) mass is 470 g/mol. The van der Waals surface area contributed by atoms with E-state index in [0.29, 0.717) is 33.4 Å². The van der Waals surface area contributed by atoms with Crippen LogP contribution in [0.5, 0.6) is 0 Å². The average molecular weight is 470 g/mol. The minimum atomic E-state index is -4.43. The first-order valence-corrected chi connectivity index (χ1v) is 11.8. The van der Waals surface area contributed by atoms with Gasteiger partial charge < -0.3 is 0 Å². The Morgan fingerprint density at radius 1 is 0.939 bits per heavy atom. The lowest BCUT2D eigenvalue weighted by atomic mass is 9.95. The predicted octanol–water partition coefficient (Wildman–Crippen LogP) is 4.96. The number of fused-ring (bicyclic) bond motifs is 1. The SMILES string of the molecule is O=S(=O)(Cc1ccncn1)c1ccc2c(-c3ccc(C(F)(F)F)cc3C3CC3)ncnc2c1. The van der Waals surface area contributed by atoms with Gasteiger partial charge in [0.05, 0.1) is 33.1 Å². The van der Waals surface area contributed by atoms with Gasteiger partial charge in [-0.25, -0.2) is 28.4 Å². The van der Waals surface area contributed by atoms with Gasteiger partial charge in [-0.1, -0.05) is 6.07 Å². The number of alkyl halides is 3. The van der Waals surface area contributed by atoms with Gasteiger partial charge in [0.15, 0.2) is 9.84 Å². The molecule has 0 radical (unpaired) electrons. The summed E-state index contributed by atoms with van der Waals surface area (Å²) in [5, 5.41) is 0.570. The molecule has 0 N–H and O–H groups in total. The fraction of sp³-hybridized carbons (Fsp3) is 0.217. The highest BCUT2D eigenvalue weighted by atomic mass is 32.2. The van der Waals surface area contributed by atoms with Crippen molar-refractivity contribution in [2.75, 3.05) is 0 Å². The molecule has 168 valence electrons. The molecule has 0 spiro atoms. The molecule has 5 rings (SSSR count). The predicted molar refractivity (Wildman–Crippen MR) is 115 cm³/mol. The van der Waals surface area contributed by atoms with Crippen LogP contribution in [-0.2, 0) is 21.8 Å². The third kappa shape index (κ3) is 4.30. The van der Waals surface area contributed by atoms with E-state index in [1.807, 2.05) is 0 Å². The van der Waals surface area contributed by atoms with Gasteiger partial charge in [0.25, 0.3) is 0 Å². The van der Waals surface area contributed by atoms with Crippen LogP contribution in [-0.4, -0.2) is 28.4 Å². The molecular weight excluding hydrogens is 453 g/mol. The highest BCUT2D eigenvalue weighted by Crippen LogP contribution is 2.46. The summed E-state index contributed by atoms with van der Waals surface area (Å²) < 4.78 is 65.5. The number of hydrogen-bond acceptors (Lipinski definition) is 6. The Hall–Kier alpha value is -3.40. The Morgan fingerprint density at radius 3 is 2.45 bits per heavy atom. The van der Waals surface area contributed by atoms with Crippen molar-refractivity contribution in [3.05, 3.63) is 78.1 Å². The van der Waals surface area contributed by atoms with Crippen LogP contribution in [0.1, 0.15) is 35.6 Å². The van der Waals surface area contributed by atoms with Gasteiger partial charge in [-0.2, -0.15) is 13.2 Å². The number of halogens is 3. The minimum absolute atomic E-state index is 0.0554. The first-order chi connectivity index (χ1) is 15.7. The zero-order valence-corrected chi connectivity index (χ0v) is 17.9. The molecule has 0 atom stereocenters. The van der Waals surface area contributed by atoms with Crippen LogP contribution < -0.4 is 0 Å². The zero-order valence-electron chi connectivity index (χ0n) is 17.1. The van der Waals surface area contributed by atoms with Crippen LogP contribution in [0.25, 0.3) is 22.2 Å². The largest absolute Gasteiger partial charge is 0.416 e. The standard InChI is InChI=1S/C23H17F3N4O2S/c24-23(25,26)15-3-5-18(20(9-15)14-1-2-14)22-19-6-4-17(10-21(19)29-13-30-22)33(31,32)11-16-7-8-27-12-28-16/h3-10,12-14H,1-2,11H2. The third-order valence-corrected chi connectivity index (χ3v) is 7.25. The van der Waals surface area contributed by atoms with Crippen LogP contribution in [0.2, 0.25) is 0 Å². The second-order valence-corrected chi connectivity index (χ2v) is 9.92. The Labute approximate surface area is 187 Å². The number of nitrogens with zero attached hydrogens (tertiary/aromatic N) is 4. The molecule has 0 saturated heterocycles. The normalized spacial score (nSPS) is 14.5. The second kappa shape index (κ2) is 7.87. The molecule has 1 aliphatic rings. The summed E-state index contributed by atoms with van der Waals surface area (Å²) in [7, 11) is -3.69.